The predicted molar refractivity (Wildman–Crippen MR) is 56.9 cm³/mol. The summed E-state index contributed by atoms with van der Waals surface area (Å²) in [6, 6.07) is 0. The van der Waals surface area contributed by atoms with Crippen molar-refractivity contribution in [1.82, 2.24) is 4.98 Å². The van der Waals surface area contributed by atoms with Gasteiger partial charge in [0.05, 0.1) is 12.1 Å². The first-order valence-corrected chi connectivity index (χ1v) is 5.09. The van der Waals surface area contributed by atoms with Crippen molar-refractivity contribution in [3.8, 4) is 0 Å². The summed E-state index contributed by atoms with van der Waals surface area (Å²) in [5.74, 6) is -1.21. The van der Waals surface area contributed by atoms with Crippen molar-refractivity contribution in [2.24, 2.45) is 0 Å². The molecule has 1 heterocycles. The minimum atomic E-state index is -0.938. The minimum absolute atomic E-state index is 0.129. The molecule has 0 saturated heterocycles. The van der Waals surface area contributed by atoms with E-state index in [1.165, 1.54) is 17.4 Å². The van der Waals surface area contributed by atoms with E-state index in [1.807, 2.05) is 0 Å². The predicted octanol–water partition coefficient (Wildman–Crippen LogP) is 1.28. The first-order valence-electron chi connectivity index (χ1n) is 4.21. The molecule has 5 nitrogen and oxygen atoms in total. The van der Waals surface area contributed by atoms with Gasteiger partial charge in [-0.2, -0.15) is 0 Å². The number of nitrogens with one attached hydrogen (secondary N) is 1. The van der Waals surface area contributed by atoms with E-state index in [0.29, 0.717) is 10.8 Å². The third-order valence-corrected chi connectivity index (χ3v) is 2.24. The zero-order valence-corrected chi connectivity index (χ0v) is 8.87. The van der Waals surface area contributed by atoms with Crippen LogP contribution in [-0.2, 0) is 16.0 Å². The normalized spacial score (nSPS) is 10.5. The van der Waals surface area contributed by atoms with E-state index in [2.05, 4.69) is 10.3 Å². The lowest BCUT2D eigenvalue weighted by Crippen LogP contribution is -2.07. The van der Waals surface area contributed by atoms with Crippen LogP contribution in [0.25, 0.3) is 0 Å². The molecule has 0 aliphatic heterocycles. The third-order valence-electron chi connectivity index (χ3n) is 1.43. The lowest BCUT2D eigenvalue weighted by atomic mass is 10.3. The maximum Gasteiger partial charge on any atom is 0.309 e. The Morgan fingerprint density at radius 3 is 3.00 bits per heavy atom. The molecule has 0 bridgehead atoms. The summed E-state index contributed by atoms with van der Waals surface area (Å²) in [6.45, 7) is 1.73. The van der Waals surface area contributed by atoms with E-state index < -0.39 is 5.97 Å². The van der Waals surface area contributed by atoms with Crippen LogP contribution in [0, 0.1) is 0 Å². The smallest absolute Gasteiger partial charge is 0.309 e. The molecule has 1 aromatic rings. The fourth-order valence-corrected chi connectivity index (χ4v) is 1.61. The second kappa shape index (κ2) is 5.26. The Morgan fingerprint density at radius 2 is 2.40 bits per heavy atom. The Kier molecular flexibility index (Phi) is 3.99. The zero-order valence-electron chi connectivity index (χ0n) is 8.06. The Hall–Kier alpha value is -1.69. The van der Waals surface area contributed by atoms with Crippen molar-refractivity contribution in [3.05, 3.63) is 23.2 Å². The molecule has 1 rings (SSSR count). The molecule has 0 saturated carbocycles. The average Bonchev–Trinajstić information content (AvgIpc) is 2.51. The number of carboxylic acid groups (broad SMARTS) is 1. The Bertz CT molecular complexity index is 398. The molecule has 1 aromatic heterocycles. The monoisotopic (exact) mass is 226 g/mol. The van der Waals surface area contributed by atoms with Gasteiger partial charge < -0.3 is 5.11 Å². The highest BCUT2D eigenvalue weighted by Crippen LogP contribution is 2.15. The first kappa shape index (κ1) is 11.4. The molecule has 1 amide bonds. The molecule has 15 heavy (non-hydrogen) atoms. The van der Waals surface area contributed by atoms with Gasteiger partial charge in [-0.3, -0.25) is 14.9 Å². The van der Waals surface area contributed by atoms with Crippen LogP contribution < -0.4 is 5.32 Å². The number of carbonyl (C=O) groups excluding carboxylic acids is 1. The van der Waals surface area contributed by atoms with E-state index in [0.717, 1.165) is 0 Å². The quantitative estimate of drug-likeness (QED) is 0.758. The van der Waals surface area contributed by atoms with Gasteiger partial charge in [-0.1, -0.05) is 6.08 Å². The van der Waals surface area contributed by atoms with E-state index in [1.54, 1.807) is 18.4 Å². The summed E-state index contributed by atoms with van der Waals surface area (Å²) < 4.78 is 0. The number of carboxylic acids is 1. The molecule has 80 valence electrons. The molecule has 0 spiro atoms. The average molecular weight is 226 g/mol. The summed E-state index contributed by atoms with van der Waals surface area (Å²) in [5.41, 5.74) is 0.447. The highest BCUT2D eigenvalue weighted by atomic mass is 32.1. The number of allylic oxidation sites excluding steroid dienone is 1. The maximum atomic E-state index is 11.1. The van der Waals surface area contributed by atoms with E-state index in [9.17, 15) is 9.59 Å². The van der Waals surface area contributed by atoms with Crippen LogP contribution in [0.1, 0.15) is 12.6 Å². The number of carbonyl (C=O) groups is 2. The lowest BCUT2D eigenvalue weighted by Gasteiger charge is -1.94. The Morgan fingerprint density at radius 1 is 1.67 bits per heavy atom. The van der Waals surface area contributed by atoms with Gasteiger partial charge in [0.15, 0.2) is 5.13 Å². The number of hydrogen-bond donors (Lipinski definition) is 2. The molecule has 6 heteroatoms. The van der Waals surface area contributed by atoms with Gasteiger partial charge in [0.2, 0.25) is 5.91 Å². The van der Waals surface area contributed by atoms with Crippen LogP contribution >= 0.6 is 11.3 Å². The molecule has 0 aromatic carbocycles. The molecular formula is C9H10N2O3S. The molecule has 0 aliphatic carbocycles. The fraction of sp³-hybridized carbons (Fsp3) is 0.222. The molecule has 2 N–H and O–H groups in total. The van der Waals surface area contributed by atoms with Crippen molar-refractivity contribution in [3.63, 3.8) is 0 Å². The molecular weight excluding hydrogens is 216 g/mol. The van der Waals surface area contributed by atoms with Crippen LogP contribution in [0.3, 0.4) is 0 Å². The van der Waals surface area contributed by atoms with Crippen LogP contribution in [0.5, 0.6) is 0 Å². The number of amides is 1. The van der Waals surface area contributed by atoms with Gasteiger partial charge >= 0.3 is 5.97 Å². The number of rotatable bonds is 4. The van der Waals surface area contributed by atoms with Crippen molar-refractivity contribution in [1.29, 1.82) is 0 Å². The highest BCUT2D eigenvalue weighted by molar-refractivity contribution is 7.14. The summed E-state index contributed by atoms with van der Waals surface area (Å²) in [4.78, 5) is 25.4. The Balaban J connectivity index is 2.60. The summed E-state index contributed by atoms with van der Waals surface area (Å²) in [6.07, 6.45) is 2.86. The molecule has 0 unspecified atom stereocenters. The van der Waals surface area contributed by atoms with Gasteiger partial charge in [0, 0.05) is 5.38 Å². The van der Waals surface area contributed by atoms with Crippen LogP contribution in [-0.4, -0.2) is 22.0 Å². The largest absolute Gasteiger partial charge is 0.481 e. The highest BCUT2D eigenvalue weighted by Gasteiger charge is 2.06. The van der Waals surface area contributed by atoms with E-state index >= 15 is 0 Å². The number of hydrogen-bond acceptors (Lipinski definition) is 4. The number of aliphatic carboxylic acids is 1. The van der Waals surface area contributed by atoms with Crippen LogP contribution in [0.2, 0.25) is 0 Å². The van der Waals surface area contributed by atoms with Gasteiger partial charge in [0.1, 0.15) is 0 Å². The number of thiazole rings is 1. The molecule has 0 fully saturated rings. The molecule has 0 aliphatic rings. The van der Waals surface area contributed by atoms with Gasteiger partial charge in [-0.25, -0.2) is 4.98 Å². The minimum Gasteiger partial charge on any atom is -0.481 e. The third kappa shape index (κ3) is 3.90. The van der Waals surface area contributed by atoms with Crippen molar-refractivity contribution < 1.29 is 14.7 Å². The second-order valence-electron chi connectivity index (χ2n) is 2.70. The summed E-state index contributed by atoms with van der Waals surface area (Å²) in [7, 11) is 0. The summed E-state index contributed by atoms with van der Waals surface area (Å²) >= 11 is 1.21. The van der Waals surface area contributed by atoms with Crippen molar-refractivity contribution in [2.75, 3.05) is 5.32 Å². The number of nitrogens with zero attached hydrogens (tertiary/aromatic N) is 1. The zero-order chi connectivity index (χ0) is 11.3. The number of aromatic nitrogens is 1. The van der Waals surface area contributed by atoms with Crippen LogP contribution in [0.15, 0.2) is 17.5 Å². The summed E-state index contributed by atoms with van der Waals surface area (Å²) in [5, 5.41) is 13.1. The van der Waals surface area contributed by atoms with Crippen molar-refractivity contribution in [2.45, 2.75) is 13.3 Å². The standard InChI is InChI=1S/C9H10N2O3S/c1-2-3-7(12)11-9-10-6(5-15-9)4-8(13)14/h2-3,5H,4H2,1H3,(H,13,14)(H,10,11,12). The molecule has 0 radical (unpaired) electrons. The SMILES string of the molecule is CC=CC(=O)Nc1nc(CC(=O)O)cs1. The van der Waals surface area contributed by atoms with Crippen LogP contribution in [0.4, 0.5) is 5.13 Å². The molecule has 0 atom stereocenters. The Labute approximate surface area is 90.5 Å². The topological polar surface area (TPSA) is 79.3 Å². The van der Waals surface area contributed by atoms with Crippen molar-refractivity contribution >= 4 is 28.3 Å². The fourth-order valence-electron chi connectivity index (χ4n) is 0.899. The first-order chi connectivity index (χ1) is 7.11. The number of anilines is 1. The maximum absolute atomic E-state index is 11.1. The van der Waals surface area contributed by atoms with Gasteiger partial charge in [0.25, 0.3) is 0 Å². The van der Waals surface area contributed by atoms with E-state index in [4.69, 9.17) is 5.11 Å². The van der Waals surface area contributed by atoms with E-state index in [-0.39, 0.29) is 12.3 Å². The van der Waals surface area contributed by atoms with Gasteiger partial charge in [-0.15, -0.1) is 11.3 Å². The lowest BCUT2D eigenvalue weighted by molar-refractivity contribution is -0.136. The van der Waals surface area contributed by atoms with Gasteiger partial charge in [-0.05, 0) is 13.0 Å². The second-order valence-corrected chi connectivity index (χ2v) is 3.56.